The van der Waals surface area contributed by atoms with Crippen molar-refractivity contribution in [2.75, 3.05) is 19.6 Å². The van der Waals surface area contributed by atoms with Crippen LogP contribution in [0.1, 0.15) is 67.3 Å². The lowest BCUT2D eigenvalue weighted by molar-refractivity contribution is 0.0739. The van der Waals surface area contributed by atoms with Crippen molar-refractivity contribution in [3.8, 4) is 16.4 Å². The van der Waals surface area contributed by atoms with E-state index in [0.717, 1.165) is 79.6 Å². The van der Waals surface area contributed by atoms with Gasteiger partial charge in [-0.05, 0) is 50.9 Å². The molecule has 33 heavy (non-hydrogen) atoms. The third-order valence-electron chi connectivity index (χ3n) is 6.32. The summed E-state index contributed by atoms with van der Waals surface area (Å²) < 4.78 is 2.06. The van der Waals surface area contributed by atoms with E-state index in [1.165, 1.54) is 0 Å². The highest BCUT2D eigenvalue weighted by molar-refractivity contribution is 7.13. The minimum absolute atomic E-state index is 0. The maximum absolute atomic E-state index is 13.4. The van der Waals surface area contributed by atoms with Crippen molar-refractivity contribution in [2.24, 2.45) is 0 Å². The third-order valence-corrected chi connectivity index (χ3v) is 7.53. The number of imidazole rings is 1. The zero-order valence-corrected chi connectivity index (χ0v) is 21.3. The third kappa shape index (κ3) is 4.32. The number of carbonyl (C=O) groups is 1. The molecule has 0 saturated carbocycles. The molecular weight excluding hydrogens is 477 g/mol. The van der Waals surface area contributed by atoms with Crippen molar-refractivity contribution in [2.45, 2.75) is 52.1 Å². The van der Waals surface area contributed by atoms with Gasteiger partial charge in [0, 0.05) is 18.5 Å². The van der Waals surface area contributed by atoms with E-state index in [-0.39, 0.29) is 24.4 Å². The van der Waals surface area contributed by atoms with Crippen LogP contribution in [0.2, 0.25) is 5.02 Å². The molecule has 0 aliphatic carbocycles. The molecule has 0 spiro atoms. The number of amides is 1. The standard InChI is InChI=1S/C24H28ClN5OS.ClH/c1-3-10-28(11-4-2)13-16-14-32-23(27-16)21-22-19-9-6-12-29(19)24(31)20-17(25)7-5-8-18(20)30(22)15-26-21;/h5,7-8,14-15,19H,3-4,6,9-13H2,1-2H3;1H/t19-;/m0./s1. The van der Waals surface area contributed by atoms with Gasteiger partial charge >= 0.3 is 0 Å². The Labute approximate surface area is 210 Å². The number of thiazole rings is 1. The molecule has 5 rings (SSSR count). The van der Waals surface area contributed by atoms with Crippen molar-refractivity contribution in [3.63, 3.8) is 0 Å². The Balaban J connectivity index is 0.00000259. The summed E-state index contributed by atoms with van der Waals surface area (Å²) in [4.78, 5) is 27.6. The lowest BCUT2D eigenvalue weighted by Gasteiger charge is -2.23. The highest BCUT2D eigenvalue weighted by atomic mass is 35.5. The number of fused-ring (bicyclic) bond motifs is 5. The molecule has 2 aromatic heterocycles. The van der Waals surface area contributed by atoms with E-state index in [9.17, 15) is 4.79 Å². The molecule has 4 heterocycles. The fourth-order valence-corrected chi connectivity index (χ4v) is 6.08. The smallest absolute Gasteiger partial charge is 0.258 e. The summed E-state index contributed by atoms with van der Waals surface area (Å²) >= 11 is 8.14. The molecule has 0 N–H and O–H groups in total. The molecule has 176 valence electrons. The van der Waals surface area contributed by atoms with Gasteiger partial charge in [-0.1, -0.05) is 31.5 Å². The number of benzene rings is 1. The van der Waals surface area contributed by atoms with Crippen LogP contribution in [0.15, 0.2) is 29.9 Å². The molecular formula is C24H29Cl2N5OS. The van der Waals surface area contributed by atoms with Gasteiger partial charge in [-0.25, -0.2) is 9.97 Å². The Morgan fingerprint density at radius 1 is 1.24 bits per heavy atom. The van der Waals surface area contributed by atoms with Crippen LogP contribution < -0.4 is 0 Å². The van der Waals surface area contributed by atoms with Gasteiger partial charge in [-0.2, -0.15) is 0 Å². The maximum atomic E-state index is 13.4. The number of aromatic nitrogens is 3. The Hall–Kier alpha value is -1.93. The van der Waals surface area contributed by atoms with Gasteiger partial charge in [-0.3, -0.25) is 14.3 Å². The van der Waals surface area contributed by atoms with Crippen molar-refractivity contribution in [1.29, 1.82) is 0 Å². The number of nitrogens with zero attached hydrogens (tertiary/aromatic N) is 5. The zero-order valence-electron chi connectivity index (χ0n) is 19.0. The summed E-state index contributed by atoms with van der Waals surface area (Å²) in [6.07, 6.45) is 6.01. The SMILES string of the molecule is CCCN(CCC)Cc1csc(-c2ncn3c2[C@@H]2CCCN2C(=O)c2c(Cl)cccc2-3)n1.Cl. The number of carbonyl (C=O) groups excluding carboxylic acids is 1. The second-order valence-corrected chi connectivity index (χ2v) is 9.82. The summed E-state index contributed by atoms with van der Waals surface area (Å²) in [5, 5.41) is 3.56. The Morgan fingerprint density at radius 2 is 2.03 bits per heavy atom. The summed E-state index contributed by atoms with van der Waals surface area (Å²) in [5.74, 6) is 0.0114. The minimum Gasteiger partial charge on any atom is -0.330 e. The molecule has 3 aromatic rings. The molecule has 1 saturated heterocycles. The van der Waals surface area contributed by atoms with Crippen LogP contribution in [0.25, 0.3) is 16.4 Å². The second kappa shape index (κ2) is 10.1. The lowest BCUT2D eigenvalue weighted by atomic mass is 10.1. The summed E-state index contributed by atoms with van der Waals surface area (Å²) in [5.41, 5.74) is 4.40. The fourth-order valence-electron chi connectivity index (χ4n) is 5.02. The van der Waals surface area contributed by atoms with Crippen LogP contribution in [-0.4, -0.2) is 49.9 Å². The monoisotopic (exact) mass is 505 g/mol. The molecule has 0 radical (unpaired) electrons. The van der Waals surface area contributed by atoms with Crippen molar-refractivity contribution < 1.29 is 4.79 Å². The van der Waals surface area contributed by atoms with Gasteiger partial charge in [-0.15, -0.1) is 23.7 Å². The Bertz CT molecular complexity index is 1140. The van der Waals surface area contributed by atoms with Crippen LogP contribution in [0.5, 0.6) is 0 Å². The first-order valence-electron chi connectivity index (χ1n) is 11.5. The number of halogens is 2. The minimum atomic E-state index is -0.00695. The molecule has 6 nitrogen and oxygen atoms in total. The summed E-state index contributed by atoms with van der Waals surface area (Å²) in [6, 6.07) is 5.63. The van der Waals surface area contributed by atoms with Gasteiger partial charge in [0.05, 0.1) is 33.7 Å². The number of rotatable bonds is 7. The molecule has 2 aliphatic heterocycles. The first-order valence-corrected chi connectivity index (χ1v) is 12.7. The average molecular weight is 507 g/mol. The van der Waals surface area contributed by atoms with Crippen LogP contribution >= 0.6 is 35.3 Å². The summed E-state index contributed by atoms with van der Waals surface area (Å²) in [6.45, 7) is 8.20. The highest BCUT2D eigenvalue weighted by Crippen LogP contribution is 2.44. The molecule has 1 aromatic carbocycles. The zero-order chi connectivity index (χ0) is 22.2. The maximum Gasteiger partial charge on any atom is 0.258 e. The first-order chi connectivity index (χ1) is 15.6. The van der Waals surface area contributed by atoms with E-state index in [4.69, 9.17) is 21.6 Å². The first kappa shape index (κ1) is 24.2. The van der Waals surface area contributed by atoms with Gasteiger partial charge in [0.1, 0.15) is 17.0 Å². The van der Waals surface area contributed by atoms with Crippen LogP contribution in [-0.2, 0) is 6.54 Å². The molecule has 0 unspecified atom stereocenters. The summed E-state index contributed by atoms with van der Waals surface area (Å²) in [7, 11) is 0. The van der Waals surface area contributed by atoms with E-state index in [1.807, 2.05) is 23.4 Å². The predicted octanol–water partition coefficient (Wildman–Crippen LogP) is 5.98. The molecule has 1 amide bonds. The van der Waals surface area contributed by atoms with Gasteiger partial charge in [0.25, 0.3) is 5.91 Å². The van der Waals surface area contributed by atoms with Crippen molar-refractivity contribution >= 4 is 41.3 Å². The number of hydrogen-bond donors (Lipinski definition) is 0. The van der Waals surface area contributed by atoms with Crippen molar-refractivity contribution in [3.05, 3.63) is 51.9 Å². The Morgan fingerprint density at radius 3 is 2.79 bits per heavy atom. The van der Waals surface area contributed by atoms with Gasteiger partial charge < -0.3 is 4.90 Å². The number of hydrogen-bond acceptors (Lipinski definition) is 5. The lowest BCUT2D eigenvalue weighted by Crippen LogP contribution is -2.29. The van der Waals surface area contributed by atoms with Gasteiger partial charge in [0.2, 0.25) is 0 Å². The highest BCUT2D eigenvalue weighted by Gasteiger charge is 2.40. The molecule has 2 aliphatic rings. The fraction of sp³-hybridized carbons (Fsp3) is 0.458. The van der Waals surface area contributed by atoms with Gasteiger partial charge in [0.15, 0.2) is 0 Å². The average Bonchev–Trinajstić information content (AvgIpc) is 3.51. The topological polar surface area (TPSA) is 54.3 Å². The van der Waals surface area contributed by atoms with Crippen LogP contribution in [0.4, 0.5) is 0 Å². The predicted molar refractivity (Wildman–Crippen MR) is 136 cm³/mol. The molecule has 1 atom stereocenters. The molecule has 0 bridgehead atoms. The second-order valence-electron chi connectivity index (χ2n) is 8.56. The van der Waals surface area contributed by atoms with E-state index in [0.29, 0.717) is 10.6 Å². The molecule has 1 fully saturated rings. The largest absolute Gasteiger partial charge is 0.330 e. The van der Waals surface area contributed by atoms with Crippen LogP contribution in [0.3, 0.4) is 0 Å². The van der Waals surface area contributed by atoms with E-state index in [1.54, 1.807) is 17.4 Å². The van der Waals surface area contributed by atoms with E-state index in [2.05, 4.69) is 28.7 Å². The Kier molecular flexibility index (Phi) is 7.43. The quantitative estimate of drug-likeness (QED) is 0.396. The van der Waals surface area contributed by atoms with E-state index >= 15 is 0 Å². The van der Waals surface area contributed by atoms with Crippen LogP contribution in [0, 0.1) is 0 Å². The van der Waals surface area contributed by atoms with E-state index < -0.39 is 0 Å². The van der Waals surface area contributed by atoms with Crippen molar-refractivity contribution in [1.82, 2.24) is 24.3 Å². The normalized spacial score (nSPS) is 16.9. The molecule has 9 heteroatoms.